The summed E-state index contributed by atoms with van der Waals surface area (Å²) in [6.07, 6.45) is 5.75. The van der Waals surface area contributed by atoms with Gasteiger partial charge in [0.1, 0.15) is 17.5 Å². The predicted molar refractivity (Wildman–Crippen MR) is 90.6 cm³/mol. The van der Waals surface area contributed by atoms with Gasteiger partial charge in [-0.3, -0.25) is 19.7 Å². The number of carbonyl (C=O) groups excluding carboxylic acids is 2. The van der Waals surface area contributed by atoms with Gasteiger partial charge in [0.25, 0.3) is 5.69 Å². The molecular weight excluding hydrogens is 353 g/mol. The van der Waals surface area contributed by atoms with E-state index in [1.54, 1.807) is 0 Å². The summed E-state index contributed by atoms with van der Waals surface area (Å²) < 4.78 is 0. The number of rotatable bonds is 2. The summed E-state index contributed by atoms with van der Waals surface area (Å²) in [7, 11) is 0. The van der Waals surface area contributed by atoms with Gasteiger partial charge in [-0.2, -0.15) is 0 Å². The summed E-state index contributed by atoms with van der Waals surface area (Å²) >= 11 is 12.3. The largest absolute Gasteiger partial charge is 0.298 e. The van der Waals surface area contributed by atoms with E-state index in [0.717, 1.165) is 44.2 Å². The van der Waals surface area contributed by atoms with E-state index in [4.69, 9.17) is 23.2 Å². The molecule has 1 aromatic rings. The first-order chi connectivity index (χ1) is 11.3. The molecule has 1 aromatic carbocycles. The summed E-state index contributed by atoms with van der Waals surface area (Å²) in [6, 6.07) is 2.29. The Morgan fingerprint density at radius 2 is 1.50 bits per heavy atom. The molecule has 2 aliphatic carbocycles. The number of nitro groups is 1. The Morgan fingerprint density at radius 3 is 1.96 bits per heavy atom. The Hall–Kier alpha value is -1.46. The van der Waals surface area contributed by atoms with Crippen molar-refractivity contribution in [3.8, 4) is 0 Å². The van der Waals surface area contributed by atoms with Crippen molar-refractivity contribution in [3.63, 3.8) is 0 Å². The molecule has 0 saturated heterocycles. The van der Waals surface area contributed by atoms with E-state index in [9.17, 15) is 19.7 Å². The summed E-state index contributed by atoms with van der Waals surface area (Å²) in [5.41, 5.74) is -0.249. The van der Waals surface area contributed by atoms with Gasteiger partial charge in [-0.1, -0.05) is 42.5 Å². The maximum absolute atomic E-state index is 12.7. The van der Waals surface area contributed by atoms with Gasteiger partial charge in [0.05, 0.1) is 15.0 Å². The van der Waals surface area contributed by atoms with Crippen LogP contribution in [0.15, 0.2) is 12.1 Å². The molecule has 7 heteroatoms. The van der Waals surface area contributed by atoms with Gasteiger partial charge in [-0.15, -0.1) is 0 Å². The zero-order chi connectivity index (χ0) is 17.5. The lowest BCUT2D eigenvalue weighted by Crippen LogP contribution is -2.40. The molecule has 2 fully saturated rings. The zero-order valence-corrected chi connectivity index (χ0v) is 14.5. The number of non-ortho nitro benzene ring substituents is 1. The fourth-order valence-electron chi connectivity index (χ4n) is 4.11. The number of nitrogens with zero attached hydrogens (tertiary/aromatic N) is 1. The van der Waals surface area contributed by atoms with E-state index in [-0.39, 0.29) is 38.3 Å². The Kier molecular flexibility index (Phi) is 4.67. The molecule has 2 saturated carbocycles. The van der Waals surface area contributed by atoms with Gasteiger partial charge in [-0.05, 0) is 18.3 Å². The number of ketones is 2. The molecule has 2 aliphatic rings. The quantitative estimate of drug-likeness (QED) is 0.423. The molecule has 0 amide bonds. The lowest BCUT2D eigenvalue weighted by atomic mass is 9.61. The summed E-state index contributed by atoms with van der Waals surface area (Å²) in [4.78, 5) is 35.7. The number of carbonyl (C=O) groups is 2. The van der Waals surface area contributed by atoms with Crippen LogP contribution in [0.25, 0.3) is 0 Å². The van der Waals surface area contributed by atoms with Gasteiger partial charge in [0.2, 0.25) is 0 Å². The Bertz CT molecular complexity index is 682. The second-order valence-electron chi connectivity index (χ2n) is 6.86. The summed E-state index contributed by atoms with van der Waals surface area (Å²) in [5.74, 6) is -1.35. The molecule has 0 aliphatic heterocycles. The maximum atomic E-state index is 12.7. The van der Waals surface area contributed by atoms with E-state index in [1.807, 2.05) is 0 Å². The molecule has 0 atom stereocenters. The van der Waals surface area contributed by atoms with Gasteiger partial charge in [0, 0.05) is 30.5 Å². The average Bonchev–Trinajstić information content (AvgIpc) is 2.49. The van der Waals surface area contributed by atoms with E-state index in [2.05, 4.69) is 0 Å². The highest BCUT2D eigenvalue weighted by Crippen LogP contribution is 2.50. The van der Waals surface area contributed by atoms with Crippen LogP contribution in [0.5, 0.6) is 0 Å². The van der Waals surface area contributed by atoms with Crippen molar-refractivity contribution < 1.29 is 14.5 Å². The third-order valence-corrected chi connectivity index (χ3v) is 5.85. The highest BCUT2D eigenvalue weighted by atomic mass is 35.5. The molecule has 1 spiro atoms. The molecular formula is C17H17Cl2NO4. The first-order valence-electron chi connectivity index (χ1n) is 8.02. The summed E-state index contributed by atoms with van der Waals surface area (Å²) in [6.45, 7) is 0. The highest BCUT2D eigenvalue weighted by Gasteiger charge is 2.47. The van der Waals surface area contributed by atoms with Gasteiger partial charge >= 0.3 is 0 Å². The van der Waals surface area contributed by atoms with Crippen LogP contribution in [-0.4, -0.2) is 16.5 Å². The lowest BCUT2D eigenvalue weighted by Gasteiger charge is -2.41. The number of benzene rings is 1. The van der Waals surface area contributed by atoms with Crippen molar-refractivity contribution in [2.45, 2.75) is 50.9 Å². The smallest absolute Gasteiger partial charge is 0.272 e. The van der Waals surface area contributed by atoms with Crippen molar-refractivity contribution in [1.29, 1.82) is 0 Å². The van der Waals surface area contributed by atoms with Crippen molar-refractivity contribution >= 4 is 40.5 Å². The monoisotopic (exact) mass is 369 g/mol. The Morgan fingerprint density at radius 1 is 1.00 bits per heavy atom. The van der Waals surface area contributed by atoms with Crippen LogP contribution in [0.2, 0.25) is 10.0 Å². The van der Waals surface area contributed by atoms with Crippen molar-refractivity contribution in [3.05, 3.63) is 37.9 Å². The van der Waals surface area contributed by atoms with E-state index in [0.29, 0.717) is 12.8 Å². The fraction of sp³-hybridized carbons (Fsp3) is 0.529. The third kappa shape index (κ3) is 3.07. The fourth-order valence-corrected chi connectivity index (χ4v) is 4.81. The van der Waals surface area contributed by atoms with Gasteiger partial charge in [-0.25, -0.2) is 0 Å². The van der Waals surface area contributed by atoms with E-state index in [1.165, 1.54) is 0 Å². The normalized spacial score (nSPS) is 21.2. The van der Waals surface area contributed by atoms with Crippen LogP contribution >= 0.6 is 23.2 Å². The van der Waals surface area contributed by atoms with Gasteiger partial charge in [0.15, 0.2) is 0 Å². The molecule has 5 nitrogen and oxygen atoms in total. The van der Waals surface area contributed by atoms with Crippen LogP contribution in [0.1, 0.15) is 56.4 Å². The molecule has 0 radical (unpaired) electrons. The number of Topliss-reactive ketones (excluding diaryl/α,β-unsaturated/α-hetero) is 2. The second-order valence-corrected chi connectivity index (χ2v) is 7.67. The SMILES string of the molecule is O=C1CC2(CCCCC2)CC(=O)C1c1c(Cl)cc([N+](=O)[O-])cc1Cl. The topological polar surface area (TPSA) is 77.3 Å². The predicted octanol–water partition coefficient (Wildman–Crippen LogP) is 4.87. The molecule has 0 heterocycles. The lowest BCUT2D eigenvalue weighted by molar-refractivity contribution is -0.384. The van der Waals surface area contributed by atoms with Crippen LogP contribution < -0.4 is 0 Å². The Labute approximate surface area is 149 Å². The number of hydrogen-bond acceptors (Lipinski definition) is 4. The van der Waals surface area contributed by atoms with Crippen LogP contribution in [0.4, 0.5) is 5.69 Å². The first kappa shape index (κ1) is 17.4. The van der Waals surface area contributed by atoms with E-state index >= 15 is 0 Å². The van der Waals surface area contributed by atoms with Crippen molar-refractivity contribution in [2.24, 2.45) is 5.41 Å². The minimum Gasteiger partial charge on any atom is -0.298 e. The van der Waals surface area contributed by atoms with Crippen LogP contribution in [0, 0.1) is 15.5 Å². The maximum Gasteiger partial charge on any atom is 0.272 e. The van der Waals surface area contributed by atoms with Crippen molar-refractivity contribution in [1.82, 2.24) is 0 Å². The first-order valence-corrected chi connectivity index (χ1v) is 8.77. The molecule has 0 bridgehead atoms. The van der Waals surface area contributed by atoms with Crippen LogP contribution in [-0.2, 0) is 9.59 Å². The average molecular weight is 370 g/mol. The number of halogens is 2. The third-order valence-electron chi connectivity index (χ3n) is 5.22. The zero-order valence-electron chi connectivity index (χ0n) is 13.0. The minimum absolute atomic E-state index is 0.000458. The molecule has 128 valence electrons. The number of hydrogen-bond donors (Lipinski definition) is 0. The van der Waals surface area contributed by atoms with Crippen molar-refractivity contribution in [2.75, 3.05) is 0 Å². The minimum atomic E-state index is -1.00. The second kappa shape index (κ2) is 6.45. The standard InChI is InChI=1S/C17H17Cl2NO4/c18-11-6-10(20(23)24)7-12(19)15(11)16-13(21)8-17(9-14(16)22)4-2-1-3-5-17/h6-7,16H,1-5,8-9H2. The highest BCUT2D eigenvalue weighted by molar-refractivity contribution is 6.37. The summed E-state index contributed by atoms with van der Waals surface area (Å²) in [5, 5.41) is 10.9. The molecule has 24 heavy (non-hydrogen) atoms. The molecule has 0 unspecified atom stereocenters. The van der Waals surface area contributed by atoms with Crippen LogP contribution in [0.3, 0.4) is 0 Å². The molecule has 0 N–H and O–H groups in total. The van der Waals surface area contributed by atoms with Gasteiger partial charge < -0.3 is 0 Å². The van der Waals surface area contributed by atoms with E-state index < -0.39 is 10.8 Å². The number of nitro benzene ring substituents is 1. The Balaban J connectivity index is 1.95. The molecule has 3 rings (SSSR count). The molecule has 0 aromatic heterocycles.